The monoisotopic (exact) mass is 242 g/mol. The van der Waals surface area contributed by atoms with Crippen LogP contribution in [0.25, 0.3) is 0 Å². The summed E-state index contributed by atoms with van der Waals surface area (Å²) >= 11 is 0. The van der Waals surface area contributed by atoms with E-state index < -0.39 is 0 Å². The van der Waals surface area contributed by atoms with Crippen LogP contribution < -0.4 is 5.32 Å². The molecule has 0 saturated heterocycles. The Morgan fingerprint density at radius 1 is 1.00 bits per heavy atom. The first-order chi connectivity index (χ1) is 8.17. The summed E-state index contributed by atoms with van der Waals surface area (Å²) in [6.07, 6.45) is 5.14. The lowest BCUT2D eigenvalue weighted by Gasteiger charge is -2.24. The minimum Gasteiger partial charge on any atom is -0.313 e. The van der Waals surface area contributed by atoms with Gasteiger partial charge in [0.05, 0.1) is 0 Å². The summed E-state index contributed by atoms with van der Waals surface area (Å²) in [5.41, 5.74) is 0. The highest BCUT2D eigenvalue weighted by molar-refractivity contribution is 4.69. The van der Waals surface area contributed by atoms with Gasteiger partial charge in [0, 0.05) is 19.1 Å². The number of likely N-dealkylation sites (N-methyl/N-ethyl adjacent to an activating group) is 1. The maximum atomic E-state index is 3.72. The molecule has 0 aromatic heterocycles. The summed E-state index contributed by atoms with van der Waals surface area (Å²) < 4.78 is 0. The zero-order valence-electron chi connectivity index (χ0n) is 12.8. The molecule has 0 heterocycles. The Bertz CT molecular complexity index is 159. The van der Waals surface area contributed by atoms with Gasteiger partial charge in [-0.3, -0.25) is 0 Å². The number of hydrogen-bond donors (Lipinski definition) is 1. The standard InChI is InChI=1S/C15H34N2/c1-6-11-17(9-4)12-10-16-15(8-3)13-14(5)7-2/h14-16H,6-13H2,1-5H3. The predicted octanol–water partition coefficient (Wildman–Crippen LogP) is 3.52. The molecule has 0 aliphatic carbocycles. The topological polar surface area (TPSA) is 15.3 Å². The van der Waals surface area contributed by atoms with Gasteiger partial charge >= 0.3 is 0 Å². The molecule has 0 aromatic rings. The van der Waals surface area contributed by atoms with Crippen molar-refractivity contribution in [1.29, 1.82) is 0 Å². The van der Waals surface area contributed by atoms with E-state index in [2.05, 4.69) is 44.8 Å². The van der Waals surface area contributed by atoms with Crippen LogP contribution in [0.2, 0.25) is 0 Å². The number of nitrogens with one attached hydrogen (secondary N) is 1. The average Bonchev–Trinajstić information content (AvgIpc) is 2.35. The van der Waals surface area contributed by atoms with Gasteiger partial charge in [-0.15, -0.1) is 0 Å². The lowest BCUT2D eigenvalue weighted by molar-refractivity contribution is 0.275. The predicted molar refractivity (Wildman–Crippen MR) is 78.6 cm³/mol. The lowest BCUT2D eigenvalue weighted by atomic mass is 9.98. The van der Waals surface area contributed by atoms with Crippen LogP contribution in [-0.2, 0) is 0 Å². The third-order valence-corrected chi connectivity index (χ3v) is 3.72. The number of rotatable bonds is 11. The van der Waals surface area contributed by atoms with Gasteiger partial charge in [-0.05, 0) is 38.3 Å². The van der Waals surface area contributed by atoms with Crippen LogP contribution in [0.1, 0.15) is 60.3 Å². The van der Waals surface area contributed by atoms with Crippen molar-refractivity contribution in [1.82, 2.24) is 10.2 Å². The van der Waals surface area contributed by atoms with E-state index in [1.165, 1.54) is 45.3 Å². The molecule has 2 nitrogen and oxygen atoms in total. The van der Waals surface area contributed by atoms with Gasteiger partial charge in [0.2, 0.25) is 0 Å². The molecule has 0 rings (SSSR count). The van der Waals surface area contributed by atoms with Gasteiger partial charge in [0.25, 0.3) is 0 Å². The molecule has 17 heavy (non-hydrogen) atoms. The van der Waals surface area contributed by atoms with Crippen LogP contribution in [0.5, 0.6) is 0 Å². The van der Waals surface area contributed by atoms with E-state index in [0.29, 0.717) is 6.04 Å². The van der Waals surface area contributed by atoms with Crippen molar-refractivity contribution in [3.63, 3.8) is 0 Å². The molecular weight excluding hydrogens is 208 g/mol. The zero-order chi connectivity index (χ0) is 13.1. The smallest absolute Gasteiger partial charge is 0.0107 e. The summed E-state index contributed by atoms with van der Waals surface area (Å²) in [7, 11) is 0. The molecule has 2 heteroatoms. The lowest BCUT2D eigenvalue weighted by Crippen LogP contribution is -2.38. The Hall–Kier alpha value is -0.0800. The molecule has 0 fully saturated rings. The molecule has 0 aliphatic rings. The highest BCUT2D eigenvalue weighted by atomic mass is 15.1. The minimum atomic E-state index is 0.713. The number of nitrogens with zero attached hydrogens (tertiary/aromatic N) is 1. The van der Waals surface area contributed by atoms with E-state index in [4.69, 9.17) is 0 Å². The third-order valence-electron chi connectivity index (χ3n) is 3.72. The van der Waals surface area contributed by atoms with E-state index >= 15 is 0 Å². The third kappa shape index (κ3) is 8.62. The Labute approximate surface area is 109 Å². The van der Waals surface area contributed by atoms with Crippen molar-refractivity contribution in [2.75, 3.05) is 26.2 Å². The van der Waals surface area contributed by atoms with E-state index in [1.54, 1.807) is 0 Å². The fourth-order valence-electron chi connectivity index (χ4n) is 2.22. The Balaban J connectivity index is 3.74. The van der Waals surface area contributed by atoms with Gasteiger partial charge in [-0.1, -0.05) is 41.0 Å². The largest absolute Gasteiger partial charge is 0.313 e. The first-order valence-corrected chi connectivity index (χ1v) is 7.63. The molecule has 104 valence electrons. The maximum absolute atomic E-state index is 3.72. The maximum Gasteiger partial charge on any atom is 0.0107 e. The van der Waals surface area contributed by atoms with Crippen molar-refractivity contribution in [3.8, 4) is 0 Å². The molecule has 0 amide bonds. The van der Waals surface area contributed by atoms with Crippen LogP contribution in [0.4, 0.5) is 0 Å². The van der Waals surface area contributed by atoms with Gasteiger partial charge in [-0.2, -0.15) is 0 Å². The van der Waals surface area contributed by atoms with Gasteiger partial charge < -0.3 is 10.2 Å². The molecule has 2 atom stereocenters. The molecule has 0 bridgehead atoms. The molecule has 0 spiro atoms. The fourth-order valence-corrected chi connectivity index (χ4v) is 2.22. The van der Waals surface area contributed by atoms with Crippen LogP contribution in [0.3, 0.4) is 0 Å². The van der Waals surface area contributed by atoms with Crippen molar-refractivity contribution >= 4 is 0 Å². The fraction of sp³-hybridized carbons (Fsp3) is 1.00. The Morgan fingerprint density at radius 3 is 2.18 bits per heavy atom. The minimum absolute atomic E-state index is 0.713. The van der Waals surface area contributed by atoms with Crippen LogP contribution in [-0.4, -0.2) is 37.1 Å². The van der Waals surface area contributed by atoms with Crippen molar-refractivity contribution in [2.24, 2.45) is 5.92 Å². The number of hydrogen-bond acceptors (Lipinski definition) is 2. The molecule has 0 aliphatic heterocycles. The summed E-state index contributed by atoms with van der Waals surface area (Å²) in [6, 6.07) is 0.713. The first kappa shape index (κ1) is 16.9. The summed E-state index contributed by atoms with van der Waals surface area (Å²) in [6.45, 7) is 16.2. The second-order valence-electron chi connectivity index (χ2n) is 5.24. The first-order valence-electron chi connectivity index (χ1n) is 7.63. The van der Waals surface area contributed by atoms with Gasteiger partial charge in [0.1, 0.15) is 0 Å². The van der Waals surface area contributed by atoms with Crippen LogP contribution in [0, 0.1) is 5.92 Å². The van der Waals surface area contributed by atoms with Crippen LogP contribution >= 0.6 is 0 Å². The molecule has 1 N–H and O–H groups in total. The SMILES string of the molecule is CCCN(CC)CCNC(CC)CC(C)CC. The van der Waals surface area contributed by atoms with E-state index in [1.807, 2.05) is 0 Å². The molecule has 0 radical (unpaired) electrons. The summed E-state index contributed by atoms with van der Waals surface area (Å²) in [4.78, 5) is 2.53. The van der Waals surface area contributed by atoms with Crippen molar-refractivity contribution in [3.05, 3.63) is 0 Å². The highest BCUT2D eigenvalue weighted by Crippen LogP contribution is 2.11. The second-order valence-corrected chi connectivity index (χ2v) is 5.24. The molecular formula is C15H34N2. The average molecular weight is 242 g/mol. The molecule has 0 aromatic carbocycles. The van der Waals surface area contributed by atoms with E-state index in [-0.39, 0.29) is 0 Å². The second kappa shape index (κ2) is 11.0. The Kier molecular flexibility index (Phi) is 11.0. The van der Waals surface area contributed by atoms with Crippen molar-refractivity contribution in [2.45, 2.75) is 66.3 Å². The van der Waals surface area contributed by atoms with Gasteiger partial charge in [0.15, 0.2) is 0 Å². The summed E-state index contributed by atoms with van der Waals surface area (Å²) in [5.74, 6) is 0.852. The zero-order valence-corrected chi connectivity index (χ0v) is 12.8. The highest BCUT2D eigenvalue weighted by Gasteiger charge is 2.10. The normalized spacial score (nSPS) is 15.2. The van der Waals surface area contributed by atoms with Crippen molar-refractivity contribution < 1.29 is 0 Å². The quantitative estimate of drug-likeness (QED) is 0.596. The molecule has 2 unspecified atom stereocenters. The van der Waals surface area contributed by atoms with Crippen LogP contribution in [0.15, 0.2) is 0 Å². The van der Waals surface area contributed by atoms with E-state index in [9.17, 15) is 0 Å². The summed E-state index contributed by atoms with van der Waals surface area (Å²) in [5, 5.41) is 3.72. The Morgan fingerprint density at radius 2 is 1.71 bits per heavy atom. The van der Waals surface area contributed by atoms with E-state index in [0.717, 1.165) is 12.5 Å². The molecule has 0 saturated carbocycles. The van der Waals surface area contributed by atoms with Gasteiger partial charge in [-0.25, -0.2) is 0 Å².